The molecule has 0 bridgehead atoms. The molecular formula is C12H7BrF3NO2. The summed E-state index contributed by atoms with van der Waals surface area (Å²) >= 11 is 3.00. The van der Waals surface area contributed by atoms with Crippen molar-refractivity contribution in [2.75, 3.05) is 0 Å². The summed E-state index contributed by atoms with van der Waals surface area (Å²) in [4.78, 5) is 11.1. The van der Waals surface area contributed by atoms with Gasteiger partial charge in [-0.15, -0.1) is 0 Å². The number of carboxylic acid groups (broad SMARTS) is 1. The Morgan fingerprint density at radius 2 is 1.79 bits per heavy atom. The van der Waals surface area contributed by atoms with E-state index in [9.17, 15) is 18.0 Å². The minimum Gasteiger partial charge on any atom is -0.478 e. The molecule has 2 aromatic rings. The Morgan fingerprint density at radius 1 is 1.16 bits per heavy atom. The second kappa shape index (κ2) is 4.73. The lowest BCUT2D eigenvalue weighted by Crippen LogP contribution is -2.14. The van der Waals surface area contributed by atoms with E-state index in [1.807, 2.05) is 0 Å². The minimum absolute atomic E-state index is 0.0424. The average molecular weight is 334 g/mol. The zero-order valence-electron chi connectivity index (χ0n) is 9.28. The maximum Gasteiger partial charge on any atom is 0.431 e. The van der Waals surface area contributed by atoms with Gasteiger partial charge in [0.2, 0.25) is 0 Å². The van der Waals surface area contributed by atoms with Crippen LogP contribution in [0, 0.1) is 0 Å². The predicted octanol–water partition coefficient (Wildman–Crippen LogP) is 3.96. The van der Waals surface area contributed by atoms with Gasteiger partial charge in [-0.3, -0.25) is 4.57 Å². The molecule has 0 fully saturated rings. The Hall–Kier alpha value is -1.76. The van der Waals surface area contributed by atoms with Gasteiger partial charge in [-0.25, -0.2) is 4.79 Å². The molecule has 19 heavy (non-hydrogen) atoms. The van der Waals surface area contributed by atoms with Gasteiger partial charge < -0.3 is 5.11 Å². The quantitative estimate of drug-likeness (QED) is 0.903. The topological polar surface area (TPSA) is 42.2 Å². The smallest absolute Gasteiger partial charge is 0.431 e. The van der Waals surface area contributed by atoms with Crippen LogP contribution in [0.5, 0.6) is 0 Å². The molecule has 0 aliphatic carbocycles. The molecule has 1 aromatic heterocycles. The van der Waals surface area contributed by atoms with Crippen LogP contribution in [0.25, 0.3) is 5.69 Å². The summed E-state index contributed by atoms with van der Waals surface area (Å²) in [5.41, 5.74) is -1.18. The third-order valence-electron chi connectivity index (χ3n) is 2.50. The lowest BCUT2D eigenvalue weighted by molar-refractivity contribution is -0.142. The van der Waals surface area contributed by atoms with Gasteiger partial charge >= 0.3 is 12.1 Å². The summed E-state index contributed by atoms with van der Waals surface area (Å²) < 4.78 is 39.6. The van der Waals surface area contributed by atoms with Gasteiger partial charge in [0, 0.05) is 0 Å². The van der Waals surface area contributed by atoms with Crippen molar-refractivity contribution in [1.82, 2.24) is 4.57 Å². The van der Waals surface area contributed by atoms with Gasteiger partial charge in [0.05, 0.1) is 15.9 Å². The molecule has 0 unspecified atom stereocenters. The van der Waals surface area contributed by atoms with Crippen LogP contribution in [-0.2, 0) is 6.18 Å². The van der Waals surface area contributed by atoms with Crippen LogP contribution in [0.3, 0.4) is 0 Å². The van der Waals surface area contributed by atoms with E-state index in [1.165, 1.54) is 30.3 Å². The van der Waals surface area contributed by atoms with Crippen LogP contribution in [0.4, 0.5) is 13.2 Å². The highest BCUT2D eigenvalue weighted by Crippen LogP contribution is 2.35. The Labute approximate surface area is 114 Å². The number of carbonyl (C=O) groups is 1. The summed E-state index contributed by atoms with van der Waals surface area (Å²) in [6.07, 6.45) is -4.57. The Morgan fingerprint density at radius 3 is 2.37 bits per heavy atom. The second-order valence-electron chi connectivity index (χ2n) is 3.70. The highest BCUT2D eigenvalue weighted by molar-refractivity contribution is 9.10. The first-order valence-electron chi connectivity index (χ1n) is 5.09. The number of aromatic nitrogens is 1. The number of rotatable bonds is 2. The molecule has 1 N–H and O–H groups in total. The van der Waals surface area contributed by atoms with Gasteiger partial charge in [0.15, 0.2) is 0 Å². The summed E-state index contributed by atoms with van der Waals surface area (Å²) in [6.45, 7) is 0. The number of nitrogens with zero attached hydrogens (tertiary/aromatic N) is 1. The molecule has 3 nitrogen and oxygen atoms in total. The number of halogens is 4. The van der Waals surface area contributed by atoms with Crippen molar-refractivity contribution in [3.8, 4) is 5.69 Å². The Bertz CT molecular complexity index is 634. The van der Waals surface area contributed by atoms with Crippen molar-refractivity contribution in [2.45, 2.75) is 6.18 Å². The maximum atomic E-state index is 12.9. The molecule has 0 saturated heterocycles. The van der Waals surface area contributed by atoms with Crippen molar-refractivity contribution >= 4 is 21.9 Å². The number of carboxylic acids is 1. The van der Waals surface area contributed by atoms with E-state index in [1.54, 1.807) is 0 Å². The molecule has 0 radical (unpaired) electrons. The van der Waals surface area contributed by atoms with Crippen molar-refractivity contribution < 1.29 is 23.1 Å². The number of alkyl halides is 3. The molecule has 0 aliphatic heterocycles. The minimum atomic E-state index is -4.57. The predicted molar refractivity (Wildman–Crippen MR) is 65.4 cm³/mol. The van der Waals surface area contributed by atoms with Crippen molar-refractivity contribution in [3.63, 3.8) is 0 Å². The molecule has 7 heteroatoms. The highest BCUT2D eigenvalue weighted by Gasteiger charge is 2.36. The summed E-state index contributed by atoms with van der Waals surface area (Å²) in [7, 11) is 0. The third-order valence-corrected chi connectivity index (χ3v) is 3.12. The van der Waals surface area contributed by atoms with E-state index in [-0.39, 0.29) is 15.9 Å². The monoisotopic (exact) mass is 333 g/mol. The summed E-state index contributed by atoms with van der Waals surface area (Å²) in [5, 5.41) is 9.04. The van der Waals surface area contributed by atoms with Gasteiger partial charge in [0.1, 0.15) is 5.69 Å². The largest absolute Gasteiger partial charge is 0.478 e. The van der Waals surface area contributed by atoms with Crippen molar-refractivity contribution in [2.24, 2.45) is 0 Å². The highest BCUT2D eigenvalue weighted by atomic mass is 79.9. The van der Waals surface area contributed by atoms with E-state index in [0.717, 1.165) is 10.6 Å². The summed E-state index contributed by atoms with van der Waals surface area (Å²) in [5.74, 6) is -1.29. The zero-order chi connectivity index (χ0) is 14.2. The molecule has 2 rings (SSSR count). The van der Waals surface area contributed by atoms with Crippen LogP contribution < -0.4 is 0 Å². The van der Waals surface area contributed by atoms with Crippen LogP contribution in [0.2, 0.25) is 0 Å². The molecule has 100 valence electrons. The zero-order valence-corrected chi connectivity index (χ0v) is 10.9. The molecule has 0 atom stereocenters. The molecule has 0 spiro atoms. The Kier molecular flexibility index (Phi) is 3.40. The SMILES string of the molecule is O=C(O)c1ccccc1-n1c(Br)ccc1C(F)(F)F. The number of benzene rings is 1. The lowest BCUT2D eigenvalue weighted by Gasteiger charge is -2.15. The molecule has 0 aliphatic rings. The lowest BCUT2D eigenvalue weighted by atomic mass is 10.1. The van der Waals surface area contributed by atoms with Gasteiger partial charge in [0.25, 0.3) is 0 Å². The van der Waals surface area contributed by atoms with Crippen LogP contribution in [0.15, 0.2) is 41.0 Å². The van der Waals surface area contributed by atoms with E-state index < -0.39 is 17.8 Å². The van der Waals surface area contributed by atoms with Gasteiger partial charge in [-0.2, -0.15) is 13.2 Å². The third kappa shape index (κ3) is 2.51. The van der Waals surface area contributed by atoms with Crippen LogP contribution in [-0.4, -0.2) is 15.6 Å². The number of aromatic carboxylic acids is 1. The van der Waals surface area contributed by atoms with Crippen LogP contribution >= 0.6 is 15.9 Å². The second-order valence-corrected chi connectivity index (χ2v) is 4.51. The van der Waals surface area contributed by atoms with Crippen molar-refractivity contribution in [1.29, 1.82) is 0 Å². The molecule has 1 heterocycles. The fraction of sp³-hybridized carbons (Fsp3) is 0.0833. The molecule has 0 amide bonds. The van der Waals surface area contributed by atoms with E-state index in [2.05, 4.69) is 15.9 Å². The van der Waals surface area contributed by atoms with E-state index in [0.29, 0.717) is 0 Å². The van der Waals surface area contributed by atoms with E-state index >= 15 is 0 Å². The average Bonchev–Trinajstić information content (AvgIpc) is 2.70. The fourth-order valence-corrected chi connectivity index (χ4v) is 2.24. The first kappa shape index (κ1) is 13.7. The first-order chi connectivity index (χ1) is 8.82. The van der Waals surface area contributed by atoms with Crippen LogP contribution in [0.1, 0.15) is 16.1 Å². The first-order valence-corrected chi connectivity index (χ1v) is 5.89. The maximum absolute atomic E-state index is 12.9. The van der Waals surface area contributed by atoms with Gasteiger partial charge in [-0.1, -0.05) is 12.1 Å². The Balaban J connectivity index is 2.73. The number of para-hydroxylation sites is 1. The molecule has 1 aromatic carbocycles. The van der Waals surface area contributed by atoms with E-state index in [4.69, 9.17) is 5.11 Å². The van der Waals surface area contributed by atoms with Gasteiger partial charge in [-0.05, 0) is 40.2 Å². The normalized spacial score (nSPS) is 11.6. The molecule has 0 saturated carbocycles. The van der Waals surface area contributed by atoms with Crippen molar-refractivity contribution in [3.05, 3.63) is 52.3 Å². The number of hydrogen-bond donors (Lipinski definition) is 1. The number of hydrogen-bond acceptors (Lipinski definition) is 1. The standard InChI is InChI=1S/C12H7BrF3NO2/c13-10-6-5-9(12(14,15)16)17(10)8-4-2-1-3-7(8)11(18)19/h1-6H,(H,18,19). The summed E-state index contributed by atoms with van der Waals surface area (Å²) in [6, 6.07) is 7.63. The fourth-order valence-electron chi connectivity index (χ4n) is 1.73. The molecular weight excluding hydrogens is 327 g/mol.